The Morgan fingerprint density at radius 2 is 1.67 bits per heavy atom. The summed E-state index contributed by atoms with van der Waals surface area (Å²) < 4.78 is 15.2. The topological polar surface area (TPSA) is 44.8 Å². The van der Waals surface area contributed by atoms with Crippen LogP contribution in [-0.2, 0) is 14.3 Å². The number of hydrogen-bond donors (Lipinski definition) is 0. The second kappa shape index (κ2) is 10.0. The molecule has 4 nitrogen and oxygen atoms in total. The van der Waals surface area contributed by atoms with Gasteiger partial charge in [-0.1, -0.05) is 48.5 Å². The van der Waals surface area contributed by atoms with Crippen LogP contribution in [0.4, 0.5) is 0 Å². The van der Waals surface area contributed by atoms with E-state index in [1.807, 2.05) is 66.7 Å². The second-order valence-corrected chi connectivity index (χ2v) is 4.90. The van der Waals surface area contributed by atoms with E-state index in [-0.39, 0.29) is 19.4 Å². The summed E-state index contributed by atoms with van der Waals surface area (Å²) in [5, 5.41) is 0. The van der Waals surface area contributed by atoms with Gasteiger partial charge in [0.15, 0.2) is 6.79 Å². The van der Waals surface area contributed by atoms with Crippen molar-refractivity contribution in [2.45, 2.75) is 0 Å². The molecule has 0 atom stereocenters. The lowest BCUT2D eigenvalue weighted by Crippen LogP contribution is -2.00. The predicted molar refractivity (Wildman–Crippen MR) is 94.4 cm³/mol. The molecule has 2 aromatic rings. The number of esters is 1. The molecule has 0 aromatic heterocycles. The Labute approximate surface area is 142 Å². The van der Waals surface area contributed by atoms with Crippen molar-refractivity contribution in [2.75, 3.05) is 20.5 Å². The molecular formula is C20H20O4. The van der Waals surface area contributed by atoms with Crippen LogP contribution in [0.25, 0.3) is 12.2 Å². The van der Waals surface area contributed by atoms with Gasteiger partial charge >= 0.3 is 5.97 Å². The zero-order valence-electron chi connectivity index (χ0n) is 13.6. The van der Waals surface area contributed by atoms with Gasteiger partial charge in [0.05, 0.1) is 0 Å². The minimum atomic E-state index is -0.382. The molecule has 0 spiro atoms. The highest BCUT2D eigenvalue weighted by atomic mass is 16.7. The van der Waals surface area contributed by atoms with Gasteiger partial charge in [0.1, 0.15) is 12.4 Å². The van der Waals surface area contributed by atoms with E-state index in [0.717, 1.165) is 11.1 Å². The van der Waals surface area contributed by atoms with Crippen molar-refractivity contribution >= 4 is 18.1 Å². The van der Waals surface area contributed by atoms with Crippen molar-refractivity contribution in [3.05, 3.63) is 77.9 Å². The average molecular weight is 324 g/mol. The molecule has 0 N–H and O–H groups in total. The monoisotopic (exact) mass is 324 g/mol. The lowest BCUT2D eigenvalue weighted by Gasteiger charge is -2.04. The molecule has 0 aliphatic heterocycles. The Bertz CT molecular complexity index is 673. The Morgan fingerprint density at radius 1 is 0.958 bits per heavy atom. The van der Waals surface area contributed by atoms with Gasteiger partial charge in [-0.2, -0.15) is 0 Å². The van der Waals surface area contributed by atoms with Crippen molar-refractivity contribution in [2.24, 2.45) is 0 Å². The van der Waals surface area contributed by atoms with Crippen LogP contribution in [0.3, 0.4) is 0 Å². The summed E-state index contributed by atoms with van der Waals surface area (Å²) in [7, 11) is 1.57. The molecule has 0 bridgehead atoms. The van der Waals surface area contributed by atoms with Gasteiger partial charge in [0.25, 0.3) is 0 Å². The number of carbonyl (C=O) groups is 1. The van der Waals surface area contributed by atoms with Crippen LogP contribution in [0.5, 0.6) is 5.75 Å². The fourth-order valence-electron chi connectivity index (χ4n) is 1.89. The third-order valence-corrected chi connectivity index (χ3v) is 3.07. The first-order chi connectivity index (χ1) is 11.8. The maximum Gasteiger partial charge on any atom is 0.331 e. The normalized spacial score (nSPS) is 11.0. The van der Waals surface area contributed by atoms with E-state index in [9.17, 15) is 4.79 Å². The molecule has 4 heteroatoms. The number of benzene rings is 2. The van der Waals surface area contributed by atoms with Gasteiger partial charge < -0.3 is 14.2 Å². The maximum absolute atomic E-state index is 11.7. The van der Waals surface area contributed by atoms with E-state index >= 15 is 0 Å². The summed E-state index contributed by atoms with van der Waals surface area (Å²) in [6.07, 6.45) is 6.82. The number of hydrogen-bond acceptors (Lipinski definition) is 4. The van der Waals surface area contributed by atoms with Crippen molar-refractivity contribution in [1.29, 1.82) is 0 Å². The summed E-state index contributed by atoms with van der Waals surface area (Å²) >= 11 is 0. The molecule has 2 rings (SSSR count). The molecule has 0 fully saturated rings. The van der Waals surface area contributed by atoms with Crippen LogP contribution >= 0.6 is 0 Å². The highest BCUT2D eigenvalue weighted by Crippen LogP contribution is 2.13. The standard InChI is InChI=1S/C20H20O4/c1-22-16-24-19-12-9-18(10-13-19)11-14-20(21)23-15-5-8-17-6-3-2-4-7-17/h2-14H,15-16H2,1H3/b8-5+,14-11+. The largest absolute Gasteiger partial charge is 0.468 e. The summed E-state index contributed by atoms with van der Waals surface area (Å²) in [4.78, 5) is 11.7. The van der Waals surface area contributed by atoms with Gasteiger partial charge in [-0.05, 0) is 35.4 Å². The molecule has 124 valence electrons. The summed E-state index contributed by atoms with van der Waals surface area (Å²) in [5.74, 6) is 0.329. The fraction of sp³-hybridized carbons (Fsp3) is 0.150. The Kier molecular flexibility index (Phi) is 7.31. The molecule has 0 heterocycles. The summed E-state index contributed by atoms with van der Waals surface area (Å²) in [5.41, 5.74) is 1.96. The van der Waals surface area contributed by atoms with E-state index < -0.39 is 0 Å². The zero-order valence-corrected chi connectivity index (χ0v) is 13.6. The zero-order chi connectivity index (χ0) is 17.0. The number of rotatable bonds is 8. The minimum Gasteiger partial charge on any atom is -0.468 e. The number of carbonyl (C=O) groups excluding carboxylic acids is 1. The first-order valence-corrected chi connectivity index (χ1v) is 7.56. The molecule has 0 saturated carbocycles. The van der Waals surface area contributed by atoms with Crippen molar-refractivity contribution in [3.63, 3.8) is 0 Å². The molecular weight excluding hydrogens is 304 g/mol. The van der Waals surface area contributed by atoms with E-state index in [2.05, 4.69) is 0 Å². The lowest BCUT2D eigenvalue weighted by atomic mass is 10.2. The lowest BCUT2D eigenvalue weighted by molar-refractivity contribution is -0.136. The second-order valence-electron chi connectivity index (χ2n) is 4.90. The first-order valence-electron chi connectivity index (χ1n) is 7.56. The molecule has 0 aliphatic rings. The molecule has 0 saturated heterocycles. The third-order valence-electron chi connectivity index (χ3n) is 3.07. The van der Waals surface area contributed by atoms with Crippen LogP contribution in [0.2, 0.25) is 0 Å². The van der Waals surface area contributed by atoms with Crippen molar-refractivity contribution in [3.8, 4) is 5.75 Å². The Morgan fingerprint density at radius 3 is 2.38 bits per heavy atom. The predicted octanol–water partition coefficient (Wildman–Crippen LogP) is 3.94. The van der Waals surface area contributed by atoms with Crippen molar-refractivity contribution < 1.29 is 19.0 Å². The number of methoxy groups -OCH3 is 1. The molecule has 0 unspecified atom stereocenters. The highest BCUT2D eigenvalue weighted by molar-refractivity contribution is 5.87. The molecule has 2 aromatic carbocycles. The fourth-order valence-corrected chi connectivity index (χ4v) is 1.89. The van der Waals surface area contributed by atoms with Crippen LogP contribution in [0.1, 0.15) is 11.1 Å². The van der Waals surface area contributed by atoms with E-state index in [0.29, 0.717) is 5.75 Å². The van der Waals surface area contributed by atoms with Crippen LogP contribution in [-0.4, -0.2) is 26.5 Å². The van der Waals surface area contributed by atoms with Gasteiger partial charge in [0.2, 0.25) is 0 Å². The van der Waals surface area contributed by atoms with Gasteiger partial charge in [-0.15, -0.1) is 0 Å². The van der Waals surface area contributed by atoms with E-state index in [1.54, 1.807) is 13.2 Å². The van der Waals surface area contributed by atoms with E-state index in [4.69, 9.17) is 14.2 Å². The molecule has 24 heavy (non-hydrogen) atoms. The van der Waals surface area contributed by atoms with E-state index in [1.165, 1.54) is 6.08 Å². The smallest absolute Gasteiger partial charge is 0.331 e. The minimum absolute atomic E-state index is 0.206. The van der Waals surface area contributed by atoms with Crippen LogP contribution in [0, 0.1) is 0 Å². The average Bonchev–Trinajstić information content (AvgIpc) is 2.63. The van der Waals surface area contributed by atoms with Gasteiger partial charge in [-0.25, -0.2) is 4.79 Å². The van der Waals surface area contributed by atoms with Crippen LogP contribution in [0.15, 0.2) is 66.7 Å². The SMILES string of the molecule is COCOc1ccc(/C=C/C(=O)OC/C=C/c2ccccc2)cc1. The molecule has 0 radical (unpaired) electrons. The van der Waals surface area contributed by atoms with Crippen molar-refractivity contribution in [1.82, 2.24) is 0 Å². The highest BCUT2D eigenvalue weighted by Gasteiger charge is 1.96. The quantitative estimate of drug-likeness (QED) is 0.419. The Hall–Kier alpha value is -2.85. The first kappa shape index (κ1) is 17.5. The molecule has 0 amide bonds. The van der Waals surface area contributed by atoms with Crippen LogP contribution < -0.4 is 4.74 Å². The third kappa shape index (κ3) is 6.50. The maximum atomic E-state index is 11.7. The number of ether oxygens (including phenoxy) is 3. The summed E-state index contributed by atoms with van der Waals surface area (Å²) in [6.45, 7) is 0.444. The van der Waals surface area contributed by atoms with Gasteiger partial charge in [-0.3, -0.25) is 0 Å². The Balaban J connectivity index is 1.75. The summed E-state index contributed by atoms with van der Waals surface area (Å²) in [6, 6.07) is 17.2. The van der Waals surface area contributed by atoms with Gasteiger partial charge in [0, 0.05) is 13.2 Å². The molecule has 0 aliphatic carbocycles.